The van der Waals surface area contributed by atoms with Crippen LogP contribution in [0.4, 0.5) is 10.1 Å². The number of hydrogen-bond donors (Lipinski definition) is 1. The van der Waals surface area contributed by atoms with E-state index in [1.165, 1.54) is 16.4 Å². The SMILES string of the molecule is CS(=O)(=O)N(CC(=O)Nc1ccc(F)c(Cl)c1)C1CCCCC1. The van der Waals surface area contributed by atoms with Crippen LogP contribution in [-0.2, 0) is 14.8 Å². The fourth-order valence-electron chi connectivity index (χ4n) is 2.80. The van der Waals surface area contributed by atoms with Crippen LogP contribution in [0, 0.1) is 5.82 Å². The van der Waals surface area contributed by atoms with Crippen LogP contribution in [0.5, 0.6) is 0 Å². The van der Waals surface area contributed by atoms with Crippen LogP contribution >= 0.6 is 11.6 Å². The molecule has 1 aromatic carbocycles. The molecule has 1 aliphatic carbocycles. The molecule has 5 nitrogen and oxygen atoms in total. The molecule has 0 saturated heterocycles. The van der Waals surface area contributed by atoms with E-state index < -0.39 is 21.7 Å². The van der Waals surface area contributed by atoms with E-state index in [1.54, 1.807) is 0 Å². The standard InChI is InChI=1S/C15H20ClFN2O3S/c1-23(21,22)19(12-5-3-2-4-6-12)10-15(20)18-11-7-8-14(17)13(16)9-11/h7-9,12H,2-6,10H2,1H3,(H,18,20). The summed E-state index contributed by atoms with van der Waals surface area (Å²) in [6.45, 7) is -0.251. The van der Waals surface area contributed by atoms with Gasteiger partial charge in [0, 0.05) is 11.7 Å². The van der Waals surface area contributed by atoms with Crippen LogP contribution in [0.25, 0.3) is 0 Å². The molecule has 23 heavy (non-hydrogen) atoms. The first kappa shape index (κ1) is 18.2. The normalized spacial score (nSPS) is 16.5. The molecule has 1 saturated carbocycles. The molecule has 0 aliphatic heterocycles. The van der Waals surface area contributed by atoms with Crippen molar-refractivity contribution in [2.75, 3.05) is 18.1 Å². The minimum absolute atomic E-state index is 0.102. The highest BCUT2D eigenvalue weighted by Gasteiger charge is 2.29. The first-order valence-corrected chi connectivity index (χ1v) is 9.72. The predicted octanol–water partition coefficient (Wildman–Crippen LogP) is 3.01. The zero-order valence-corrected chi connectivity index (χ0v) is 14.5. The fraction of sp³-hybridized carbons (Fsp3) is 0.533. The zero-order chi connectivity index (χ0) is 17.0. The number of rotatable bonds is 5. The van der Waals surface area contributed by atoms with Crippen molar-refractivity contribution < 1.29 is 17.6 Å². The Bertz CT molecular complexity index is 675. The summed E-state index contributed by atoms with van der Waals surface area (Å²) in [6.07, 6.45) is 5.67. The third-order valence-corrected chi connectivity index (χ3v) is 5.48. The summed E-state index contributed by atoms with van der Waals surface area (Å²) in [6, 6.07) is 3.68. The molecule has 0 aromatic heterocycles. The molecule has 1 aromatic rings. The summed E-state index contributed by atoms with van der Waals surface area (Å²) >= 11 is 5.66. The Morgan fingerprint density at radius 1 is 1.35 bits per heavy atom. The van der Waals surface area contributed by atoms with Crippen molar-refractivity contribution >= 4 is 33.2 Å². The average molecular weight is 363 g/mol. The summed E-state index contributed by atoms with van der Waals surface area (Å²) < 4.78 is 38.4. The lowest BCUT2D eigenvalue weighted by molar-refractivity contribution is -0.116. The molecule has 1 aliphatic rings. The summed E-state index contributed by atoms with van der Waals surface area (Å²) in [7, 11) is -3.48. The lowest BCUT2D eigenvalue weighted by Gasteiger charge is -2.31. The highest BCUT2D eigenvalue weighted by Crippen LogP contribution is 2.24. The predicted molar refractivity (Wildman–Crippen MR) is 88.5 cm³/mol. The maximum absolute atomic E-state index is 13.1. The Morgan fingerprint density at radius 2 is 2.00 bits per heavy atom. The molecule has 128 valence electrons. The number of hydrogen-bond acceptors (Lipinski definition) is 3. The Balaban J connectivity index is 2.06. The van der Waals surface area contributed by atoms with Gasteiger partial charge in [0.15, 0.2) is 0 Å². The quantitative estimate of drug-likeness (QED) is 0.875. The molecule has 0 radical (unpaired) electrons. The Hall–Kier alpha value is -1.18. The number of sulfonamides is 1. The molecule has 1 N–H and O–H groups in total. The van der Waals surface area contributed by atoms with Gasteiger partial charge in [-0.25, -0.2) is 12.8 Å². The molecular weight excluding hydrogens is 343 g/mol. The van der Waals surface area contributed by atoms with Gasteiger partial charge in [-0.2, -0.15) is 4.31 Å². The monoisotopic (exact) mass is 362 g/mol. The lowest BCUT2D eigenvalue weighted by atomic mass is 9.95. The van der Waals surface area contributed by atoms with Crippen LogP contribution in [-0.4, -0.2) is 37.5 Å². The van der Waals surface area contributed by atoms with E-state index in [1.807, 2.05) is 0 Å². The highest BCUT2D eigenvalue weighted by atomic mass is 35.5. The van der Waals surface area contributed by atoms with E-state index in [0.29, 0.717) is 5.69 Å². The number of anilines is 1. The van der Waals surface area contributed by atoms with E-state index in [2.05, 4.69) is 5.32 Å². The van der Waals surface area contributed by atoms with Gasteiger partial charge in [0.2, 0.25) is 15.9 Å². The molecule has 8 heteroatoms. The average Bonchev–Trinajstić information content (AvgIpc) is 2.48. The van der Waals surface area contributed by atoms with Crippen LogP contribution < -0.4 is 5.32 Å². The minimum atomic E-state index is -3.48. The van der Waals surface area contributed by atoms with Crippen molar-refractivity contribution in [2.24, 2.45) is 0 Å². The molecule has 0 atom stereocenters. The summed E-state index contributed by atoms with van der Waals surface area (Å²) in [5.74, 6) is -1.05. The minimum Gasteiger partial charge on any atom is -0.325 e. The smallest absolute Gasteiger partial charge is 0.239 e. The van der Waals surface area contributed by atoms with Crippen molar-refractivity contribution in [2.45, 2.75) is 38.1 Å². The van der Waals surface area contributed by atoms with Gasteiger partial charge in [-0.15, -0.1) is 0 Å². The van der Waals surface area contributed by atoms with Gasteiger partial charge in [0.05, 0.1) is 17.8 Å². The number of carbonyl (C=O) groups is 1. The lowest BCUT2D eigenvalue weighted by Crippen LogP contribution is -2.45. The van der Waals surface area contributed by atoms with Crippen molar-refractivity contribution in [1.82, 2.24) is 4.31 Å². The highest BCUT2D eigenvalue weighted by molar-refractivity contribution is 7.88. The number of nitrogens with zero attached hydrogens (tertiary/aromatic N) is 1. The third kappa shape index (κ3) is 5.16. The first-order chi connectivity index (χ1) is 10.8. The second-order valence-corrected chi connectivity index (χ2v) is 8.12. The molecular formula is C15H20ClFN2O3S. The summed E-state index contributed by atoms with van der Waals surface area (Å²) in [4.78, 5) is 12.2. The molecule has 1 fully saturated rings. The van der Waals surface area contributed by atoms with E-state index in [4.69, 9.17) is 11.6 Å². The Morgan fingerprint density at radius 3 is 2.57 bits per heavy atom. The number of nitrogens with one attached hydrogen (secondary N) is 1. The van der Waals surface area contributed by atoms with Gasteiger partial charge in [-0.05, 0) is 31.0 Å². The fourth-order valence-corrected chi connectivity index (χ4v) is 4.09. The van der Waals surface area contributed by atoms with Gasteiger partial charge in [-0.1, -0.05) is 30.9 Å². The van der Waals surface area contributed by atoms with Gasteiger partial charge >= 0.3 is 0 Å². The van der Waals surface area contributed by atoms with Gasteiger partial charge in [-0.3, -0.25) is 4.79 Å². The first-order valence-electron chi connectivity index (χ1n) is 7.49. The number of carbonyl (C=O) groups excluding carboxylic acids is 1. The second kappa shape index (κ2) is 7.59. The van der Waals surface area contributed by atoms with E-state index in [9.17, 15) is 17.6 Å². The Labute approximate surface area is 140 Å². The van der Waals surface area contributed by atoms with E-state index >= 15 is 0 Å². The van der Waals surface area contributed by atoms with Crippen LogP contribution in [0.2, 0.25) is 5.02 Å². The van der Waals surface area contributed by atoms with Gasteiger partial charge < -0.3 is 5.32 Å². The summed E-state index contributed by atoms with van der Waals surface area (Å²) in [5.41, 5.74) is 0.332. The molecule has 0 heterocycles. The number of amides is 1. The topological polar surface area (TPSA) is 66.5 Å². The second-order valence-electron chi connectivity index (χ2n) is 5.78. The maximum Gasteiger partial charge on any atom is 0.239 e. The van der Waals surface area contributed by atoms with Crippen LogP contribution in [0.3, 0.4) is 0 Å². The van der Waals surface area contributed by atoms with Crippen molar-refractivity contribution in [3.8, 4) is 0 Å². The maximum atomic E-state index is 13.1. The molecule has 1 amide bonds. The van der Waals surface area contributed by atoms with Gasteiger partial charge in [0.25, 0.3) is 0 Å². The molecule has 0 spiro atoms. The molecule has 2 rings (SSSR count). The third-order valence-electron chi connectivity index (χ3n) is 3.91. The number of benzene rings is 1. The van der Waals surface area contributed by atoms with Gasteiger partial charge in [0.1, 0.15) is 5.82 Å². The molecule has 0 unspecified atom stereocenters. The van der Waals surface area contributed by atoms with Crippen molar-refractivity contribution in [1.29, 1.82) is 0 Å². The van der Waals surface area contributed by atoms with Crippen LogP contribution in [0.1, 0.15) is 32.1 Å². The van der Waals surface area contributed by atoms with Crippen LogP contribution in [0.15, 0.2) is 18.2 Å². The number of halogens is 2. The van der Waals surface area contributed by atoms with Crippen molar-refractivity contribution in [3.05, 3.63) is 29.0 Å². The largest absolute Gasteiger partial charge is 0.325 e. The van der Waals surface area contributed by atoms with Crippen molar-refractivity contribution in [3.63, 3.8) is 0 Å². The summed E-state index contributed by atoms with van der Waals surface area (Å²) in [5, 5.41) is 2.45. The Kier molecular flexibility index (Phi) is 6.00. The molecule has 0 bridgehead atoms. The van der Waals surface area contributed by atoms with E-state index in [-0.39, 0.29) is 17.6 Å². The zero-order valence-electron chi connectivity index (χ0n) is 12.9. The van der Waals surface area contributed by atoms with E-state index in [0.717, 1.165) is 44.4 Å².